The third-order valence-electron chi connectivity index (χ3n) is 3.62. The van der Waals surface area contributed by atoms with Crippen molar-refractivity contribution in [2.24, 2.45) is 0 Å². The van der Waals surface area contributed by atoms with E-state index in [0.717, 1.165) is 30.7 Å². The Morgan fingerprint density at radius 3 is 2.73 bits per heavy atom. The van der Waals surface area contributed by atoms with Crippen molar-refractivity contribution in [2.45, 2.75) is 38.8 Å². The van der Waals surface area contributed by atoms with Crippen LogP contribution in [0.15, 0.2) is 36.7 Å². The molecule has 2 aromatic rings. The molecule has 0 fully saturated rings. The van der Waals surface area contributed by atoms with Crippen molar-refractivity contribution >= 4 is 5.97 Å². The van der Waals surface area contributed by atoms with Gasteiger partial charge >= 0.3 is 5.97 Å². The number of imidazole rings is 1. The maximum Gasteiger partial charge on any atom is 0.337 e. The molecule has 1 N–H and O–H groups in total. The number of hydrogen-bond donors (Lipinski definition) is 1. The molecule has 2 rings (SSSR count). The molecule has 1 aromatic carbocycles. The number of hydrogen-bond acceptors (Lipinski definition) is 4. The molecule has 22 heavy (non-hydrogen) atoms. The lowest BCUT2D eigenvalue weighted by atomic mass is 10.1. The lowest BCUT2D eigenvalue weighted by molar-refractivity contribution is 0.0600. The molecule has 0 saturated carbocycles. The second kappa shape index (κ2) is 7.75. The van der Waals surface area contributed by atoms with Gasteiger partial charge in [0, 0.05) is 25.2 Å². The van der Waals surface area contributed by atoms with E-state index in [-0.39, 0.29) is 5.97 Å². The molecule has 0 amide bonds. The minimum Gasteiger partial charge on any atom is -0.465 e. The quantitative estimate of drug-likeness (QED) is 0.799. The highest BCUT2D eigenvalue weighted by molar-refractivity contribution is 5.89. The molecule has 5 nitrogen and oxygen atoms in total. The van der Waals surface area contributed by atoms with Crippen LogP contribution in [0.5, 0.6) is 0 Å². The van der Waals surface area contributed by atoms with Crippen LogP contribution in [0.3, 0.4) is 0 Å². The Hall–Kier alpha value is -2.14. The molecule has 1 unspecified atom stereocenters. The topological polar surface area (TPSA) is 64.3 Å². The zero-order valence-electron chi connectivity index (χ0n) is 13.0. The summed E-state index contributed by atoms with van der Waals surface area (Å²) in [4.78, 5) is 15.7. The smallest absolute Gasteiger partial charge is 0.337 e. The van der Waals surface area contributed by atoms with E-state index in [0.29, 0.717) is 12.0 Å². The number of carbonyl (C=O) groups is 1. The van der Waals surface area contributed by atoms with E-state index in [2.05, 4.69) is 16.6 Å². The van der Waals surface area contributed by atoms with Crippen molar-refractivity contribution in [2.75, 3.05) is 7.11 Å². The molecule has 0 aliphatic heterocycles. The largest absolute Gasteiger partial charge is 0.465 e. The maximum absolute atomic E-state index is 11.4. The Morgan fingerprint density at radius 2 is 2.09 bits per heavy atom. The van der Waals surface area contributed by atoms with Gasteiger partial charge in [-0.1, -0.05) is 25.5 Å². The van der Waals surface area contributed by atoms with Crippen molar-refractivity contribution in [1.29, 1.82) is 0 Å². The first-order valence-electron chi connectivity index (χ1n) is 7.52. The summed E-state index contributed by atoms with van der Waals surface area (Å²) in [6.45, 7) is 2.13. The van der Waals surface area contributed by atoms with Gasteiger partial charge in [-0.25, -0.2) is 9.78 Å². The molecule has 0 bridgehead atoms. The molecule has 0 aliphatic carbocycles. The van der Waals surface area contributed by atoms with E-state index in [1.807, 2.05) is 16.7 Å². The lowest BCUT2D eigenvalue weighted by Gasteiger charge is -2.15. The molecule has 0 saturated heterocycles. The zero-order valence-corrected chi connectivity index (χ0v) is 13.0. The number of aliphatic hydroxyl groups excluding tert-OH is 1. The van der Waals surface area contributed by atoms with E-state index in [1.54, 1.807) is 24.5 Å². The van der Waals surface area contributed by atoms with Crippen molar-refractivity contribution < 1.29 is 14.6 Å². The number of carbonyl (C=O) groups excluding carboxylic acids is 1. The van der Waals surface area contributed by atoms with Gasteiger partial charge in [-0.2, -0.15) is 0 Å². The molecule has 118 valence electrons. The highest BCUT2D eigenvalue weighted by Crippen LogP contribution is 2.16. The molecule has 0 spiro atoms. The Labute approximate surface area is 130 Å². The van der Waals surface area contributed by atoms with Gasteiger partial charge in [0.05, 0.1) is 12.7 Å². The number of esters is 1. The van der Waals surface area contributed by atoms with Crippen LogP contribution in [0.1, 0.15) is 47.7 Å². The van der Waals surface area contributed by atoms with Crippen LogP contribution < -0.4 is 0 Å². The lowest BCUT2D eigenvalue weighted by Crippen LogP contribution is -2.14. The highest BCUT2D eigenvalue weighted by atomic mass is 16.5. The summed E-state index contributed by atoms with van der Waals surface area (Å²) in [5.74, 6) is 0.545. The van der Waals surface area contributed by atoms with Gasteiger partial charge in [-0.05, 0) is 24.1 Å². The van der Waals surface area contributed by atoms with Crippen LogP contribution >= 0.6 is 0 Å². The summed E-state index contributed by atoms with van der Waals surface area (Å²) in [5.41, 5.74) is 1.46. The minimum atomic E-state index is -0.654. The van der Waals surface area contributed by atoms with Crippen molar-refractivity contribution in [3.05, 3.63) is 53.6 Å². The van der Waals surface area contributed by atoms with Crippen molar-refractivity contribution in [3.63, 3.8) is 0 Å². The molecule has 5 heteroatoms. The molecule has 1 aromatic heterocycles. The predicted octanol–water partition coefficient (Wildman–Crippen LogP) is 2.75. The van der Waals surface area contributed by atoms with Gasteiger partial charge in [-0.3, -0.25) is 0 Å². The Balaban J connectivity index is 2.04. The second-order valence-corrected chi connectivity index (χ2v) is 5.23. The van der Waals surface area contributed by atoms with E-state index in [1.165, 1.54) is 7.11 Å². The van der Waals surface area contributed by atoms with Gasteiger partial charge in [0.1, 0.15) is 12.1 Å². The highest BCUT2D eigenvalue weighted by Gasteiger charge is 2.12. The fourth-order valence-electron chi connectivity index (χ4n) is 2.35. The standard InChI is InChI=1S/C17H22N2O3/c1-3-4-5-15-18-10-11-19(15)16(20)12-13-6-8-14(9-7-13)17(21)22-2/h6-11,16,20H,3-5,12H2,1-2H3. The average Bonchev–Trinajstić information content (AvgIpc) is 3.01. The van der Waals surface area contributed by atoms with Gasteiger partial charge in [0.25, 0.3) is 0 Å². The first kappa shape index (κ1) is 16.2. The van der Waals surface area contributed by atoms with Crippen LogP contribution in [0.4, 0.5) is 0 Å². The number of ether oxygens (including phenoxy) is 1. The summed E-state index contributed by atoms with van der Waals surface area (Å²) < 4.78 is 6.48. The monoisotopic (exact) mass is 302 g/mol. The molecule has 0 aliphatic rings. The summed E-state index contributed by atoms with van der Waals surface area (Å²) in [7, 11) is 1.36. The van der Waals surface area contributed by atoms with Crippen molar-refractivity contribution in [1.82, 2.24) is 9.55 Å². The number of aryl methyl sites for hydroxylation is 1. The van der Waals surface area contributed by atoms with E-state index in [9.17, 15) is 9.90 Å². The second-order valence-electron chi connectivity index (χ2n) is 5.23. The van der Waals surface area contributed by atoms with E-state index < -0.39 is 6.23 Å². The number of aromatic nitrogens is 2. The molecular formula is C17H22N2O3. The minimum absolute atomic E-state index is 0.358. The first-order chi connectivity index (χ1) is 10.7. The Bertz CT molecular complexity index is 605. The van der Waals surface area contributed by atoms with E-state index in [4.69, 9.17) is 0 Å². The van der Waals surface area contributed by atoms with Crippen molar-refractivity contribution in [3.8, 4) is 0 Å². The number of benzene rings is 1. The molecule has 0 radical (unpaired) electrons. The fraction of sp³-hybridized carbons (Fsp3) is 0.412. The fourth-order valence-corrected chi connectivity index (χ4v) is 2.35. The summed E-state index contributed by atoms with van der Waals surface area (Å²) >= 11 is 0. The molecule has 1 heterocycles. The number of nitrogens with zero attached hydrogens (tertiary/aromatic N) is 2. The SMILES string of the molecule is CCCCc1nccn1C(O)Cc1ccc(C(=O)OC)cc1. The summed E-state index contributed by atoms with van der Waals surface area (Å²) in [6, 6.07) is 7.08. The van der Waals surface area contributed by atoms with E-state index >= 15 is 0 Å². The first-order valence-corrected chi connectivity index (χ1v) is 7.52. The number of aliphatic hydroxyl groups is 1. The summed E-state index contributed by atoms with van der Waals surface area (Å²) in [5, 5.41) is 10.4. The molecular weight excluding hydrogens is 280 g/mol. The zero-order chi connectivity index (χ0) is 15.9. The number of unbranched alkanes of at least 4 members (excludes halogenated alkanes) is 1. The van der Waals surface area contributed by atoms with Crippen LogP contribution in [-0.2, 0) is 17.6 Å². The predicted molar refractivity (Wildman–Crippen MR) is 83.6 cm³/mol. The average molecular weight is 302 g/mol. The van der Waals surface area contributed by atoms with Gasteiger partial charge < -0.3 is 14.4 Å². The van der Waals surface area contributed by atoms with Crippen LogP contribution in [0.2, 0.25) is 0 Å². The van der Waals surface area contributed by atoms with Crippen LogP contribution in [0.25, 0.3) is 0 Å². The van der Waals surface area contributed by atoms with Gasteiger partial charge in [0.2, 0.25) is 0 Å². The Kier molecular flexibility index (Phi) is 5.72. The third kappa shape index (κ3) is 3.95. The van der Waals surface area contributed by atoms with Gasteiger partial charge in [0.15, 0.2) is 0 Å². The number of rotatable bonds is 7. The summed E-state index contributed by atoms with van der Waals surface area (Å²) in [6.07, 6.45) is 6.35. The normalized spacial score (nSPS) is 12.1. The van der Waals surface area contributed by atoms with Crippen LogP contribution in [-0.4, -0.2) is 27.7 Å². The van der Waals surface area contributed by atoms with Gasteiger partial charge in [-0.15, -0.1) is 0 Å². The van der Waals surface area contributed by atoms with Crippen LogP contribution in [0, 0.1) is 0 Å². The third-order valence-corrected chi connectivity index (χ3v) is 3.62. The Morgan fingerprint density at radius 1 is 1.36 bits per heavy atom. The molecule has 1 atom stereocenters. The maximum atomic E-state index is 11.4. The number of methoxy groups -OCH3 is 1.